The van der Waals surface area contributed by atoms with E-state index in [1.807, 2.05) is 0 Å². The highest BCUT2D eigenvalue weighted by molar-refractivity contribution is 7.80. The Morgan fingerprint density at radius 2 is 1.75 bits per heavy atom. The Morgan fingerprint density at radius 1 is 1.20 bits per heavy atom. The zero-order valence-electron chi connectivity index (χ0n) is 14.0. The van der Waals surface area contributed by atoms with Gasteiger partial charge in [-0.3, -0.25) is 5.01 Å². The summed E-state index contributed by atoms with van der Waals surface area (Å²) in [5.74, 6) is 0.832. The fraction of sp³-hybridized carbons (Fsp3) is 0.938. The first-order chi connectivity index (χ1) is 9.10. The van der Waals surface area contributed by atoms with Crippen molar-refractivity contribution < 1.29 is 0 Å². The van der Waals surface area contributed by atoms with E-state index in [0.717, 1.165) is 23.9 Å². The van der Waals surface area contributed by atoms with Crippen LogP contribution in [0.5, 0.6) is 0 Å². The van der Waals surface area contributed by atoms with Gasteiger partial charge in [0.1, 0.15) is 5.66 Å². The van der Waals surface area contributed by atoms with Gasteiger partial charge in [-0.05, 0) is 70.0 Å². The molecule has 1 saturated heterocycles. The van der Waals surface area contributed by atoms with Gasteiger partial charge in [-0.25, -0.2) is 5.43 Å². The molecule has 2 fully saturated rings. The minimum atomic E-state index is 0.00465. The lowest BCUT2D eigenvalue weighted by molar-refractivity contribution is 0.0589. The fourth-order valence-electron chi connectivity index (χ4n) is 3.44. The van der Waals surface area contributed by atoms with E-state index < -0.39 is 0 Å². The molecule has 1 spiro atoms. The molecule has 116 valence electrons. The maximum Gasteiger partial charge on any atom is 0.185 e. The predicted molar refractivity (Wildman–Crippen MR) is 89.2 cm³/mol. The minimum absolute atomic E-state index is 0.00465. The molecule has 1 saturated carbocycles. The largest absolute Gasteiger partial charge is 0.342 e. The first-order valence-corrected chi connectivity index (χ1v) is 8.41. The SMILES string of the molecule is CCC(C)(C)C1CCC2(CC1)NC(=S)N(C(C)(C)C)N2. The number of thiocarbonyl (C=S) groups is 1. The molecule has 2 N–H and O–H groups in total. The molecule has 3 nitrogen and oxygen atoms in total. The van der Waals surface area contributed by atoms with Crippen LogP contribution < -0.4 is 10.7 Å². The van der Waals surface area contributed by atoms with E-state index in [2.05, 4.69) is 57.3 Å². The molecule has 0 aromatic carbocycles. The summed E-state index contributed by atoms with van der Waals surface area (Å²) in [6.45, 7) is 13.7. The van der Waals surface area contributed by atoms with Crippen molar-refractivity contribution in [3.05, 3.63) is 0 Å². The lowest BCUT2D eigenvalue weighted by Gasteiger charge is -2.44. The Morgan fingerprint density at radius 3 is 2.15 bits per heavy atom. The third-order valence-electron chi connectivity index (χ3n) is 5.40. The van der Waals surface area contributed by atoms with Crippen molar-refractivity contribution in [1.82, 2.24) is 15.8 Å². The van der Waals surface area contributed by atoms with Crippen LogP contribution in [0.4, 0.5) is 0 Å². The van der Waals surface area contributed by atoms with E-state index in [1.165, 1.54) is 19.3 Å². The van der Waals surface area contributed by atoms with Crippen molar-refractivity contribution in [2.75, 3.05) is 0 Å². The molecular formula is C16H31N3S. The summed E-state index contributed by atoms with van der Waals surface area (Å²) in [5.41, 5.74) is 4.16. The predicted octanol–water partition coefficient (Wildman–Crippen LogP) is 3.80. The van der Waals surface area contributed by atoms with Crippen LogP contribution in [-0.4, -0.2) is 21.3 Å². The molecule has 1 heterocycles. The Balaban J connectivity index is 2.02. The smallest absolute Gasteiger partial charge is 0.185 e. The van der Waals surface area contributed by atoms with Gasteiger partial charge in [0.15, 0.2) is 5.11 Å². The molecule has 20 heavy (non-hydrogen) atoms. The van der Waals surface area contributed by atoms with Gasteiger partial charge >= 0.3 is 0 Å². The summed E-state index contributed by atoms with van der Waals surface area (Å²) in [4.78, 5) is 0. The summed E-state index contributed by atoms with van der Waals surface area (Å²) in [6, 6.07) is 0. The highest BCUT2D eigenvalue weighted by Crippen LogP contribution is 2.43. The van der Waals surface area contributed by atoms with Crippen LogP contribution in [0.25, 0.3) is 0 Å². The maximum atomic E-state index is 5.52. The molecule has 0 aromatic rings. The summed E-state index contributed by atoms with van der Waals surface area (Å²) in [5, 5.41) is 6.55. The molecule has 0 unspecified atom stereocenters. The molecule has 0 aromatic heterocycles. The maximum absolute atomic E-state index is 5.52. The highest BCUT2D eigenvalue weighted by Gasteiger charge is 2.47. The average Bonchev–Trinajstić information content (AvgIpc) is 2.67. The third-order valence-corrected chi connectivity index (χ3v) is 5.69. The van der Waals surface area contributed by atoms with Crippen LogP contribution in [0.3, 0.4) is 0 Å². The van der Waals surface area contributed by atoms with Crippen molar-refractivity contribution in [2.24, 2.45) is 11.3 Å². The van der Waals surface area contributed by atoms with Crippen LogP contribution >= 0.6 is 12.2 Å². The van der Waals surface area contributed by atoms with Gasteiger partial charge in [-0.1, -0.05) is 27.2 Å². The molecule has 0 amide bonds. The van der Waals surface area contributed by atoms with Crippen LogP contribution in [0.2, 0.25) is 0 Å². The van der Waals surface area contributed by atoms with Crippen molar-refractivity contribution in [1.29, 1.82) is 0 Å². The summed E-state index contributed by atoms with van der Waals surface area (Å²) in [6.07, 6.45) is 6.14. The van der Waals surface area contributed by atoms with E-state index in [0.29, 0.717) is 5.41 Å². The van der Waals surface area contributed by atoms with Crippen molar-refractivity contribution in [3.8, 4) is 0 Å². The zero-order valence-corrected chi connectivity index (χ0v) is 14.8. The van der Waals surface area contributed by atoms with E-state index in [4.69, 9.17) is 12.2 Å². The van der Waals surface area contributed by atoms with Crippen LogP contribution in [-0.2, 0) is 0 Å². The van der Waals surface area contributed by atoms with Crippen LogP contribution in [0.15, 0.2) is 0 Å². The number of nitrogens with one attached hydrogen (secondary N) is 2. The first kappa shape index (κ1) is 16.0. The zero-order chi connectivity index (χ0) is 15.2. The number of rotatable bonds is 2. The van der Waals surface area contributed by atoms with Gasteiger partial charge < -0.3 is 5.32 Å². The van der Waals surface area contributed by atoms with Crippen molar-refractivity contribution >= 4 is 17.3 Å². The average molecular weight is 298 g/mol. The van der Waals surface area contributed by atoms with Gasteiger partial charge in [-0.15, -0.1) is 0 Å². The van der Waals surface area contributed by atoms with Crippen LogP contribution in [0, 0.1) is 11.3 Å². The third kappa shape index (κ3) is 2.96. The van der Waals surface area contributed by atoms with Gasteiger partial charge in [0.05, 0.1) is 5.54 Å². The molecule has 0 radical (unpaired) electrons. The molecule has 0 bridgehead atoms. The number of nitrogens with zero attached hydrogens (tertiary/aromatic N) is 1. The Hall–Kier alpha value is -0.350. The van der Waals surface area contributed by atoms with Crippen molar-refractivity contribution in [3.63, 3.8) is 0 Å². The normalized spacial score (nSPS) is 31.8. The van der Waals surface area contributed by atoms with Gasteiger partial charge in [0.25, 0.3) is 0 Å². The summed E-state index contributed by atoms with van der Waals surface area (Å²) < 4.78 is 0. The van der Waals surface area contributed by atoms with Crippen LogP contribution in [0.1, 0.15) is 73.6 Å². The molecule has 2 rings (SSSR count). The lowest BCUT2D eigenvalue weighted by atomic mass is 9.67. The number of hydrazine groups is 1. The second kappa shape index (κ2) is 5.13. The quantitative estimate of drug-likeness (QED) is 0.758. The topological polar surface area (TPSA) is 27.3 Å². The Bertz CT molecular complexity index is 376. The molecular weight excluding hydrogens is 266 g/mol. The minimum Gasteiger partial charge on any atom is -0.342 e. The Labute approximate surface area is 129 Å². The molecule has 1 aliphatic carbocycles. The molecule has 4 heteroatoms. The molecule has 1 aliphatic heterocycles. The second-order valence-electron chi connectivity index (χ2n) is 8.25. The van der Waals surface area contributed by atoms with Gasteiger partial charge in [-0.2, -0.15) is 0 Å². The fourth-order valence-corrected chi connectivity index (χ4v) is 3.96. The van der Waals surface area contributed by atoms with E-state index in [1.54, 1.807) is 0 Å². The van der Waals surface area contributed by atoms with Crippen molar-refractivity contribution in [2.45, 2.75) is 84.8 Å². The molecule has 2 aliphatic rings. The highest BCUT2D eigenvalue weighted by atomic mass is 32.1. The summed E-state index contributed by atoms with van der Waals surface area (Å²) >= 11 is 5.52. The van der Waals surface area contributed by atoms with E-state index in [9.17, 15) is 0 Å². The van der Waals surface area contributed by atoms with Gasteiger partial charge in [0.2, 0.25) is 0 Å². The summed E-state index contributed by atoms with van der Waals surface area (Å²) in [7, 11) is 0. The number of hydrogen-bond donors (Lipinski definition) is 2. The van der Waals surface area contributed by atoms with E-state index >= 15 is 0 Å². The van der Waals surface area contributed by atoms with E-state index in [-0.39, 0.29) is 11.2 Å². The second-order valence-corrected chi connectivity index (χ2v) is 8.63. The Kier molecular flexibility index (Phi) is 4.11. The lowest BCUT2D eigenvalue weighted by Crippen LogP contribution is -2.56. The molecule has 0 atom stereocenters. The monoisotopic (exact) mass is 297 g/mol. The standard InChI is InChI=1S/C16H31N3S/c1-7-15(5,6)12-8-10-16(11-9-12)17-13(20)19(18-16)14(2,3)4/h12,18H,7-11H2,1-6H3,(H,17,20). The first-order valence-electron chi connectivity index (χ1n) is 8.00. The van der Waals surface area contributed by atoms with Gasteiger partial charge in [0, 0.05) is 0 Å². The number of hydrogen-bond acceptors (Lipinski definition) is 2.